The molecule has 0 saturated heterocycles. The van der Waals surface area contributed by atoms with Gasteiger partial charge >= 0.3 is 10.2 Å². The molecule has 0 radical (unpaired) electrons. The first-order chi connectivity index (χ1) is 8.03. The lowest BCUT2D eigenvalue weighted by molar-refractivity contribution is 0.364. The second kappa shape index (κ2) is 5.91. The highest BCUT2D eigenvalue weighted by atomic mass is 32.5. The minimum absolute atomic E-state index is 0.431. The molecular formula is C12H21F5S. The van der Waals surface area contributed by atoms with Crippen molar-refractivity contribution < 1.29 is 19.4 Å². The van der Waals surface area contributed by atoms with Crippen LogP contribution in [0.2, 0.25) is 0 Å². The van der Waals surface area contributed by atoms with E-state index < -0.39 is 15.1 Å². The van der Waals surface area contributed by atoms with Gasteiger partial charge in [0.1, 0.15) is 4.90 Å². The first kappa shape index (κ1) is 19.6. The minimum atomic E-state index is -9.47. The molecule has 0 aromatic heterocycles. The Balaban J connectivity index is 0. The van der Waals surface area contributed by atoms with Crippen molar-refractivity contribution in [1.82, 2.24) is 0 Å². The maximum absolute atomic E-state index is 12.2. The third-order valence-corrected chi connectivity index (χ3v) is 2.94. The van der Waals surface area contributed by atoms with Crippen LogP contribution in [-0.2, 0) is 6.42 Å². The average Bonchev–Trinajstić information content (AvgIpc) is 2.31. The summed E-state index contributed by atoms with van der Waals surface area (Å²) in [5.74, 6) is 0. The summed E-state index contributed by atoms with van der Waals surface area (Å²) in [7, 11) is -9.47. The van der Waals surface area contributed by atoms with Gasteiger partial charge in [0, 0.05) is 0 Å². The Hall–Kier alpha value is -0.780. The number of aryl methyl sites for hydroxylation is 1. The Morgan fingerprint density at radius 1 is 0.778 bits per heavy atom. The molecule has 0 saturated carbocycles. The van der Waals surface area contributed by atoms with Gasteiger partial charge in [-0.05, 0) is 24.1 Å². The van der Waals surface area contributed by atoms with E-state index in [1.165, 1.54) is 0 Å². The van der Waals surface area contributed by atoms with Crippen LogP contribution in [-0.4, -0.2) is 0 Å². The second-order valence-electron chi connectivity index (χ2n) is 2.97. The Morgan fingerprint density at radius 3 is 1.33 bits per heavy atom. The first-order valence-corrected chi connectivity index (χ1v) is 7.81. The van der Waals surface area contributed by atoms with Crippen LogP contribution in [0.25, 0.3) is 0 Å². The molecule has 0 N–H and O–H groups in total. The molecule has 110 valence electrons. The van der Waals surface area contributed by atoms with Crippen molar-refractivity contribution in [3.05, 3.63) is 29.8 Å². The van der Waals surface area contributed by atoms with Gasteiger partial charge in [-0.25, -0.2) is 0 Å². The normalized spacial score (nSPS) is 14.1. The van der Waals surface area contributed by atoms with E-state index in [0.29, 0.717) is 24.1 Å². The Kier molecular flexibility index (Phi) is 6.42. The zero-order valence-corrected chi connectivity index (χ0v) is 12.1. The van der Waals surface area contributed by atoms with Crippen molar-refractivity contribution in [2.75, 3.05) is 0 Å². The van der Waals surface area contributed by atoms with Gasteiger partial charge in [-0.2, -0.15) is 0 Å². The summed E-state index contributed by atoms with van der Waals surface area (Å²) >= 11 is 0. The fourth-order valence-corrected chi connectivity index (χ4v) is 1.63. The van der Waals surface area contributed by atoms with Crippen molar-refractivity contribution in [3.63, 3.8) is 0 Å². The maximum Gasteiger partial charge on any atom is 0.310 e. The topological polar surface area (TPSA) is 0 Å². The van der Waals surface area contributed by atoms with Gasteiger partial charge in [0.15, 0.2) is 0 Å². The Morgan fingerprint density at radius 2 is 1.11 bits per heavy atom. The third-order valence-electron chi connectivity index (χ3n) is 1.78. The molecule has 0 amide bonds. The van der Waals surface area contributed by atoms with Gasteiger partial charge in [0.25, 0.3) is 0 Å². The van der Waals surface area contributed by atoms with Gasteiger partial charge in [0.05, 0.1) is 0 Å². The SMILES string of the molecule is CC.CC.CCc1ccc(S(F)(F)(F)(F)F)cc1. The highest BCUT2D eigenvalue weighted by molar-refractivity contribution is 8.45. The molecule has 0 aliphatic carbocycles. The van der Waals surface area contributed by atoms with E-state index in [2.05, 4.69) is 0 Å². The first-order valence-electron chi connectivity index (χ1n) is 5.86. The molecule has 18 heavy (non-hydrogen) atoms. The van der Waals surface area contributed by atoms with Gasteiger partial charge in [-0.1, -0.05) is 66.2 Å². The van der Waals surface area contributed by atoms with Crippen molar-refractivity contribution >= 4 is 10.2 Å². The Bertz CT molecular complexity index is 338. The number of rotatable bonds is 2. The standard InChI is InChI=1S/C8H9F5S.2C2H6/c1-2-7-3-5-8(6-4-7)14(9,10,11,12)13;2*1-2/h3-6H,2H2,1H3;2*1-2H3. The zero-order chi connectivity index (χ0) is 15.1. The highest BCUT2D eigenvalue weighted by Crippen LogP contribution is 3.02. The molecule has 1 aromatic carbocycles. The molecule has 1 aromatic rings. The summed E-state index contributed by atoms with van der Waals surface area (Å²) in [6, 6.07) is 2.99. The monoisotopic (exact) mass is 292 g/mol. The fraction of sp³-hybridized carbons (Fsp3) is 0.500. The van der Waals surface area contributed by atoms with E-state index in [1.807, 2.05) is 27.7 Å². The minimum Gasteiger partial charge on any atom is -0.0936 e. The van der Waals surface area contributed by atoms with Gasteiger partial charge in [-0.3, -0.25) is 0 Å². The molecule has 0 atom stereocenters. The van der Waals surface area contributed by atoms with E-state index in [-0.39, 0.29) is 0 Å². The summed E-state index contributed by atoms with van der Waals surface area (Å²) in [5.41, 5.74) is 0.593. The summed E-state index contributed by atoms with van der Waals surface area (Å²) in [5, 5.41) is 0. The van der Waals surface area contributed by atoms with Crippen LogP contribution < -0.4 is 0 Å². The maximum atomic E-state index is 12.2. The lowest BCUT2D eigenvalue weighted by atomic mass is 10.2. The van der Waals surface area contributed by atoms with E-state index in [9.17, 15) is 19.4 Å². The molecule has 1 rings (SSSR count). The van der Waals surface area contributed by atoms with Crippen LogP contribution in [0.15, 0.2) is 29.2 Å². The number of halogens is 5. The van der Waals surface area contributed by atoms with Crippen molar-refractivity contribution in [1.29, 1.82) is 0 Å². The largest absolute Gasteiger partial charge is 0.310 e. The van der Waals surface area contributed by atoms with Crippen LogP contribution in [0.1, 0.15) is 40.2 Å². The summed E-state index contributed by atoms with van der Waals surface area (Å²) in [4.78, 5) is -1.83. The Labute approximate surface area is 106 Å². The predicted octanol–water partition coefficient (Wildman–Crippen LogP) is 6.96. The molecule has 6 heteroatoms. The summed E-state index contributed by atoms with van der Waals surface area (Å²) in [6.45, 7) is 9.73. The van der Waals surface area contributed by atoms with Crippen LogP contribution in [0.5, 0.6) is 0 Å². The molecule has 0 unspecified atom stereocenters. The van der Waals surface area contributed by atoms with Gasteiger partial charge in [-0.15, -0.1) is 0 Å². The van der Waals surface area contributed by atoms with E-state index >= 15 is 0 Å². The number of hydrogen-bond acceptors (Lipinski definition) is 0. The van der Waals surface area contributed by atoms with Crippen molar-refractivity contribution in [2.45, 2.75) is 45.9 Å². The second-order valence-corrected chi connectivity index (χ2v) is 5.38. The predicted molar refractivity (Wildman–Crippen MR) is 69.9 cm³/mol. The quantitative estimate of drug-likeness (QED) is 0.517. The van der Waals surface area contributed by atoms with Crippen LogP contribution >= 0.6 is 10.2 Å². The molecule has 0 bridgehead atoms. The lowest BCUT2D eigenvalue weighted by Gasteiger charge is -2.40. The van der Waals surface area contributed by atoms with Crippen LogP contribution in [0.4, 0.5) is 19.4 Å². The summed E-state index contributed by atoms with van der Waals surface area (Å²) in [6.07, 6.45) is 0.514. The van der Waals surface area contributed by atoms with Gasteiger partial charge in [0.2, 0.25) is 0 Å². The van der Waals surface area contributed by atoms with Gasteiger partial charge < -0.3 is 0 Å². The van der Waals surface area contributed by atoms with Crippen molar-refractivity contribution in [3.8, 4) is 0 Å². The van der Waals surface area contributed by atoms with Crippen molar-refractivity contribution in [2.24, 2.45) is 0 Å². The molecule has 0 nitrogen and oxygen atoms in total. The number of benzene rings is 1. The van der Waals surface area contributed by atoms with E-state index in [1.54, 1.807) is 6.92 Å². The highest BCUT2D eigenvalue weighted by Gasteiger charge is 2.65. The zero-order valence-electron chi connectivity index (χ0n) is 11.3. The molecule has 0 spiro atoms. The van der Waals surface area contributed by atoms with E-state index in [4.69, 9.17) is 0 Å². The lowest BCUT2D eigenvalue weighted by Crippen LogP contribution is -2.05. The fourth-order valence-electron chi connectivity index (χ4n) is 0.982. The molecule has 0 aliphatic heterocycles. The summed E-state index contributed by atoms with van der Waals surface area (Å²) < 4.78 is 60.9. The molecular weight excluding hydrogens is 271 g/mol. The molecule has 0 heterocycles. The average molecular weight is 292 g/mol. The van der Waals surface area contributed by atoms with E-state index in [0.717, 1.165) is 12.1 Å². The molecule has 0 fully saturated rings. The van der Waals surface area contributed by atoms with Crippen LogP contribution in [0.3, 0.4) is 0 Å². The smallest absolute Gasteiger partial charge is 0.0936 e. The van der Waals surface area contributed by atoms with Crippen LogP contribution in [0, 0.1) is 0 Å². The third kappa shape index (κ3) is 6.83. The number of hydrogen-bond donors (Lipinski definition) is 0. The molecule has 0 aliphatic rings.